The molecule has 0 aromatic heterocycles. The van der Waals surface area contributed by atoms with Crippen molar-refractivity contribution in [1.29, 1.82) is 0 Å². The topological polar surface area (TPSA) is 47.7 Å². The first-order chi connectivity index (χ1) is 7.22. The summed E-state index contributed by atoms with van der Waals surface area (Å²) in [5.74, 6) is 0. The third-order valence-corrected chi connectivity index (χ3v) is 2.28. The Morgan fingerprint density at radius 1 is 1.53 bits per heavy atom. The van der Waals surface area contributed by atoms with Crippen LogP contribution in [0.4, 0.5) is 8.78 Å². The number of alkyl halides is 2. The van der Waals surface area contributed by atoms with E-state index in [1.165, 1.54) is 0 Å². The van der Waals surface area contributed by atoms with Crippen molar-refractivity contribution in [3.63, 3.8) is 0 Å². The second kappa shape index (κ2) is 7.05. The third kappa shape index (κ3) is 5.36. The van der Waals surface area contributed by atoms with Crippen LogP contribution in [0.2, 0.25) is 0 Å². The summed E-state index contributed by atoms with van der Waals surface area (Å²) >= 11 is 0. The summed E-state index contributed by atoms with van der Waals surface area (Å²) < 4.78 is 33.7. The van der Waals surface area contributed by atoms with Gasteiger partial charge in [0.2, 0.25) is 0 Å². The molecule has 6 heteroatoms. The summed E-state index contributed by atoms with van der Waals surface area (Å²) in [5, 5.41) is 0. The Morgan fingerprint density at radius 2 is 2.33 bits per heavy atom. The lowest BCUT2D eigenvalue weighted by Gasteiger charge is -2.32. The van der Waals surface area contributed by atoms with Gasteiger partial charge in [0.05, 0.1) is 19.3 Å². The Kier molecular flexibility index (Phi) is 6.00. The highest BCUT2D eigenvalue weighted by molar-refractivity contribution is 4.71. The minimum Gasteiger partial charge on any atom is -0.374 e. The molecule has 1 fully saturated rings. The van der Waals surface area contributed by atoms with E-state index < -0.39 is 13.0 Å². The van der Waals surface area contributed by atoms with Crippen molar-refractivity contribution in [2.75, 3.05) is 46.0 Å². The summed E-state index contributed by atoms with van der Waals surface area (Å²) in [6.45, 7) is 3.23. The molecule has 15 heavy (non-hydrogen) atoms. The van der Waals surface area contributed by atoms with Crippen LogP contribution in [0.15, 0.2) is 0 Å². The molecule has 2 N–H and O–H groups in total. The lowest BCUT2D eigenvalue weighted by molar-refractivity contribution is -0.0392. The second-order valence-electron chi connectivity index (χ2n) is 3.50. The Bertz CT molecular complexity index is 172. The van der Waals surface area contributed by atoms with Crippen LogP contribution in [0.1, 0.15) is 0 Å². The molecule has 4 nitrogen and oxygen atoms in total. The Labute approximate surface area is 88.3 Å². The zero-order valence-electron chi connectivity index (χ0n) is 8.70. The van der Waals surface area contributed by atoms with Gasteiger partial charge in [-0.25, -0.2) is 8.78 Å². The van der Waals surface area contributed by atoms with Crippen LogP contribution in [-0.4, -0.2) is 63.4 Å². The predicted molar refractivity (Wildman–Crippen MR) is 52.1 cm³/mol. The molecule has 1 atom stereocenters. The van der Waals surface area contributed by atoms with Crippen molar-refractivity contribution < 1.29 is 18.3 Å². The van der Waals surface area contributed by atoms with Gasteiger partial charge in [-0.3, -0.25) is 4.90 Å². The highest BCUT2D eigenvalue weighted by atomic mass is 19.3. The van der Waals surface area contributed by atoms with E-state index in [0.717, 1.165) is 13.1 Å². The van der Waals surface area contributed by atoms with E-state index in [4.69, 9.17) is 15.2 Å². The number of rotatable bonds is 6. The highest BCUT2D eigenvalue weighted by Gasteiger charge is 2.18. The van der Waals surface area contributed by atoms with Crippen molar-refractivity contribution in [2.45, 2.75) is 12.5 Å². The maximum atomic E-state index is 11.7. The van der Waals surface area contributed by atoms with Gasteiger partial charge in [0.1, 0.15) is 6.61 Å². The average molecular weight is 224 g/mol. The molecule has 1 rings (SSSR count). The number of morpholine rings is 1. The molecular formula is C9H18F2N2O2. The molecule has 0 amide bonds. The number of nitrogens with two attached hydrogens (primary N) is 1. The SMILES string of the molecule is NCC1CN(CCOCC(F)F)CCO1. The molecule has 0 aliphatic carbocycles. The van der Waals surface area contributed by atoms with E-state index in [-0.39, 0.29) is 6.10 Å². The summed E-state index contributed by atoms with van der Waals surface area (Å²) in [6, 6.07) is 0. The first kappa shape index (κ1) is 12.8. The van der Waals surface area contributed by atoms with Crippen molar-refractivity contribution in [3.05, 3.63) is 0 Å². The fraction of sp³-hybridized carbons (Fsp3) is 1.00. The van der Waals surface area contributed by atoms with Crippen LogP contribution >= 0.6 is 0 Å². The van der Waals surface area contributed by atoms with Crippen LogP contribution in [0.3, 0.4) is 0 Å². The molecule has 1 saturated heterocycles. The number of halogens is 2. The zero-order valence-corrected chi connectivity index (χ0v) is 8.70. The molecule has 0 bridgehead atoms. The molecule has 1 heterocycles. The molecule has 0 aromatic carbocycles. The smallest absolute Gasteiger partial charge is 0.261 e. The fourth-order valence-corrected chi connectivity index (χ4v) is 1.49. The zero-order chi connectivity index (χ0) is 11.1. The van der Waals surface area contributed by atoms with Crippen molar-refractivity contribution in [2.24, 2.45) is 5.73 Å². The van der Waals surface area contributed by atoms with Crippen molar-refractivity contribution >= 4 is 0 Å². The maximum absolute atomic E-state index is 11.7. The Balaban J connectivity index is 2.05. The number of ether oxygens (including phenoxy) is 2. The quantitative estimate of drug-likeness (QED) is 0.641. The maximum Gasteiger partial charge on any atom is 0.261 e. The highest BCUT2D eigenvalue weighted by Crippen LogP contribution is 2.03. The number of hydrogen-bond donors (Lipinski definition) is 1. The van der Waals surface area contributed by atoms with Gasteiger partial charge in [-0.1, -0.05) is 0 Å². The molecule has 0 aromatic rings. The van der Waals surface area contributed by atoms with E-state index in [2.05, 4.69) is 4.90 Å². The van der Waals surface area contributed by atoms with E-state index in [0.29, 0.717) is 26.3 Å². The molecule has 1 aliphatic rings. The monoisotopic (exact) mass is 224 g/mol. The van der Waals surface area contributed by atoms with Gasteiger partial charge in [-0.15, -0.1) is 0 Å². The minimum absolute atomic E-state index is 0.0637. The third-order valence-electron chi connectivity index (χ3n) is 2.28. The average Bonchev–Trinajstić information content (AvgIpc) is 2.24. The molecule has 90 valence electrons. The Morgan fingerprint density at radius 3 is 3.00 bits per heavy atom. The normalized spacial score (nSPS) is 23.6. The second-order valence-corrected chi connectivity index (χ2v) is 3.50. The molecule has 0 radical (unpaired) electrons. The lowest BCUT2D eigenvalue weighted by Crippen LogP contribution is -2.46. The van der Waals surface area contributed by atoms with E-state index >= 15 is 0 Å². The van der Waals surface area contributed by atoms with Crippen molar-refractivity contribution in [3.8, 4) is 0 Å². The molecule has 0 saturated carbocycles. The fourth-order valence-electron chi connectivity index (χ4n) is 1.49. The molecule has 0 spiro atoms. The van der Waals surface area contributed by atoms with Crippen LogP contribution < -0.4 is 5.73 Å². The van der Waals surface area contributed by atoms with Crippen LogP contribution in [0, 0.1) is 0 Å². The van der Waals surface area contributed by atoms with E-state index in [9.17, 15) is 8.78 Å². The van der Waals surface area contributed by atoms with Gasteiger partial charge in [0.25, 0.3) is 6.43 Å². The van der Waals surface area contributed by atoms with Crippen LogP contribution in [0.25, 0.3) is 0 Å². The van der Waals surface area contributed by atoms with Gasteiger partial charge in [0, 0.05) is 26.2 Å². The first-order valence-corrected chi connectivity index (χ1v) is 5.12. The summed E-state index contributed by atoms with van der Waals surface area (Å²) in [7, 11) is 0. The van der Waals surface area contributed by atoms with Crippen LogP contribution in [-0.2, 0) is 9.47 Å². The van der Waals surface area contributed by atoms with Crippen molar-refractivity contribution in [1.82, 2.24) is 4.90 Å². The summed E-state index contributed by atoms with van der Waals surface area (Å²) in [5.41, 5.74) is 5.48. The van der Waals surface area contributed by atoms with E-state index in [1.807, 2.05) is 0 Å². The summed E-state index contributed by atoms with van der Waals surface area (Å²) in [4.78, 5) is 2.12. The van der Waals surface area contributed by atoms with Gasteiger partial charge in [-0.05, 0) is 0 Å². The summed E-state index contributed by atoms with van der Waals surface area (Å²) in [6.07, 6.45) is -2.32. The Hall–Kier alpha value is -0.300. The van der Waals surface area contributed by atoms with Gasteiger partial charge >= 0.3 is 0 Å². The molecular weight excluding hydrogens is 206 g/mol. The van der Waals surface area contributed by atoms with E-state index in [1.54, 1.807) is 0 Å². The largest absolute Gasteiger partial charge is 0.374 e. The molecule has 1 unspecified atom stereocenters. The first-order valence-electron chi connectivity index (χ1n) is 5.12. The van der Waals surface area contributed by atoms with Gasteiger partial charge in [0.15, 0.2) is 0 Å². The standard InChI is InChI=1S/C9H18F2N2O2/c10-9(11)7-14-3-1-13-2-4-15-8(5-12)6-13/h8-9H,1-7,12H2. The van der Waals surface area contributed by atoms with Crippen LogP contribution in [0.5, 0.6) is 0 Å². The number of nitrogens with zero attached hydrogens (tertiary/aromatic N) is 1. The van der Waals surface area contributed by atoms with Gasteiger partial charge < -0.3 is 15.2 Å². The lowest BCUT2D eigenvalue weighted by atomic mass is 10.3. The number of hydrogen-bond acceptors (Lipinski definition) is 4. The minimum atomic E-state index is -2.38. The van der Waals surface area contributed by atoms with Gasteiger partial charge in [-0.2, -0.15) is 0 Å². The predicted octanol–water partition coefficient (Wildman–Crippen LogP) is -0.0724. The molecule has 1 aliphatic heterocycles.